The van der Waals surface area contributed by atoms with Gasteiger partial charge in [-0.3, -0.25) is 9.98 Å². The zero-order valence-corrected chi connectivity index (χ0v) is 18.1. The molecule has 0 saturated heterocycles. The fourth-order valence-corrected chi connectivity index (χ4v) is 3.75. The molecular weight excluding hydrogens is 403 g/mol. The van der Waals surface area contributed by atoms with Crippen LogP contribution in [0.1, 0.15) is 17.7 Å². The Bertz CT molecular complexity index is 1170. The highest BCUT2D eigenvalue weighted by Gasteiger charge is 2.22. The summed E-state index contributed by atoms with van der Waals surface area (Å²) < 4.78 is 15.2. The molecule has 0 bridgehead atoms. The van der Waals surface area contributed by atoms with Gasteiger partial charge in [-0.2, -0.15) is 4.39 Å². The van der Waals surface area contributed by atoms with Crippen LogP contribution in [0.2, 0.25) is 0 Å². The summed E-state index contributed by atoms with van der Waals surface area (Å²) in [4.78, 5) is 18.4. The Hall–Kier alpha value is -3.87. The Morgan fingerprint density at radius 1 is 1.16 bits per heavy atom. The maximum absolute atomic E-state index is 15.2. The van der Waals surface area contributed by atoms with Gasteiger partial charge < -0.3 is 10.2 Å². The number of hydrogen-bond acceptors (Lipinski definition) is 6. The summed E-state index contributed by atoms with van der Waals surface area (Å²) in [6, 6.07) is 12.2. The van der Waals surface area contributed by atoms with E-state index in [0.29, 0.717) is 26.1 Å². The maximum Gasteiger partial charge on any atom is 0.207 e. The van der Waals surface area contributed by atoms with E-state index in [9.17, 15) is 0 Å². The molecule has 2 aromatic heterocycles. The summed E-state index contributed by atoms with van der Waals surface area (Å²) in [5, 5.41) is 3.10. The Morgan fingerprint density at radius 3 is 2.69 bits per heavy atom. The summed E-state index contributed by atoms with van der Waals surface area (Å²) in [7, 11) is 0. The van der Waals surface area contributed by atoms with Gasteiger partial charge in [0.05, 0.1) is 0 Å². The van der Waals surface area contributed by atoms with Gasteiger partial charge in [0, 0.05) is 43.6 Å². The molecule has 7 heteroatoms. The quantitative estimate of drug-likeness (QED) is 0.540. The largest absolute Gasteiger partial charge is 0.363 e. The van der Waals surface area contributed by atoms with Gasteiger partial charge in [-0.05, 0) is 48.0 Å². The first-order valence-corrected chi connectivity index (χ1v) is 10.4. The first-order valence-electron chi connectivity index (χ1n) is 10.4. The second-order valence-corrected chi connectivity index (χ2v) is 7.60. The van der Waals surface area contributed by atoms with Gasteiger partial charge in [0.25, 0.3) is 0 Å². The van der Waals surface area contributed by atoms with Crippen LogP contribution in [-0.2, 0) is 6.54 Å². The molecule has 0 atom stereocenters. The predicted octanol–water partition coefficient (Wildman–Crippen LogP) is 4.95. The highest BCUT2D eigenvalue weighted by molar-refractivity contribution is 5.63. The lowest BCUT2D eigenvalue weighted by atomic mass is 10.0. The van der Waals surface area contributed by atoms with Crippen LogP contribution in [0.15, 0.2) is 77.8 Å². The maximum atomic E-state index is 15.2. The molecule has 1 aromatic carbocycles. The number of nitrogens with zero attached hydrogens (tertiary/aromatic N) is 5. The van der Waals surface area contributed by atoms with E-state index in [2.05, 4.69) is 50.7 Å². The van der Waals surface area contributed by atoms with Crippen molar-refractivity contribution in [3.8, 4) is 11.1 Å². The number of aliphatic imine (C=N–C) groups is 1. The van der Waals surface area contributed by atoms with E-state index >= 15 is 4.39 Å². The number of pyridine rings is 1. The third kappa shape index (κ3) is 4.56. The number of halogens is 1. The Kier molecular flexibility index (Phi) is 6.35. The molecule has 0 unspecified atom stereocenters. The molecule has 6 nitrogen and oxygen atoms in total. The topological polar surface area (TPSA) is 66.3 Å². The molecule has 0 aliphatic carbocycles. The van der Waals surface area contributed by atoms with Crippen molar-refractivity contribution in [3.63, 3.8) is 0 Å². The molecule has 3 aromatic rings. The van der Waals surface area contributed by atoms with Gasteiger partial charge in [0.1, 0.15) is 6.33 Å². The van der Waals surface area contributed by atoms with Gasteiger partial charge in [-0.15, -0.1) is 0 Å². The molecule has 0 saturated carbocycles. The van der Waals surface area contributed by atoms with Crippen molar-refractivity contribution >= 4 is 18.4 Å². The van der Waals surface area contributed by atoms with Gasteiger partial charge in [0.2, 0.25) is 5.82 Å². The van der Waals surface area contributed by atoms with E-state index in [-0.39, 0.29) is 11.6 Å². The molecular formula is C25H25FN6. The van der Waals surface area contributed by atoms with E-state index in [1.165, 1.54) is 6.33 Å². The summed E-state index contributed by atoms with van der Waals surface area (Å²) in [6.45, 7) is 10.9. The fourth-order valence-electron chi connectivity index (χ4n) is 3.75. The van der Waals surface area contributed by atoms with Crippen LogP contribution in [0, 0.1) is 12.7 Å². The lowest BCUT2D eigenvalue weighted by Crippen LogP contribution is -2.32. The number of benzene rings is 1. The molecule has 3 heterocycles. The van der Waals surface area contributed by atoms with Gasteiger partial charge in [-0.1, -0.05) is 36.9 Å². The molecule has 1 aliphatic heterocycles. The third-order valence-electron chi connectivity index (χ3n) is 5.50. The second-order valence-electron chi connectivity index (χ2n) is 7.60. The van der Waals surface area contributed by atoms with E-state index in [4.69, 9.17) is 0 Å². The van der Waals surface area contributed by atoms with Gasteiger partial charge >= 0.3 is 0 Å². The minimum absolute atomic E-state index is 0.181. The number of aromatic nitrogens is 3. The summed E-state index contributed by atoms with van der Waals surface area (Å²) in [6.07, 6.45) is 5.60. The van der Waals surface area contributed by atoms with Crippen LogP contribution in [0.25, 0.3) is 11.1 Å². The minimum Gasteiger partial charge on any atom is -0.363 e. The molecule has 0 spiro atoms. The molecule has 0 amide bonds. The van der Waals surface area contributed by atoms with Crippen molar-refractivity contribution in [1.29, 1.82) is 0 Å². The summed E-state index contributed by atoms with van der Waals surface area (Å²) in [5.41, 5.74) is 6.06. The second kappa shape index (κ2) is 9.51. The average molecular weight is 429 g/mol. The molecule has 1 aliphatic rings. The van der Waals surface area contributed by atoms with Crippen LogP contribution in [0.3, 0.4) is 0 Å². The van der Waals surface area contributed by atoms with Crippen LogP contribution in [0.5, 0.6) is 0 Å². The average Bonchev–Trinajstić information content (AvgIpc) is 2.83. The van der Waals surface area contributed by atoms with Crippen molar-refractivity contribution < 1.29 is 4.39 Å². The molecule has 0 fully saturated rings. The van der Waals surface area contributed by atoms with E-state index in [1.54, 1.807) is 12.3 Å². The van der Waals surface area contributed by atoms with Crippen LogP contribution < -0.4 is 10.2 Å². The van der Waals surface area contributed by atoms with Crippen molar-refractivity contribution in [1.82, 2.24) is 15.0 Å². The van der Waals surface area contributed by atoms with Crippen LogP contribution in [-0.4, -0.2) is 34.8 Å². The van der Waals surface area contributed by atoms with Crippen molar-refractivity contribution in [2.45, 2.75) is 19.9 Å². The van der Waals surface area contributed by atoms with Crippen molar-refractivity contribution in [3.05, 3.63) is 89.9 Å². The standard InChI is InChI=1S/C25H25FN6/c1-4-19-15-32(12-10-22(19)27-3)25-23(26)24(30-16-31-25)29-14-18-5-7-20(8-6-18)21-9-11-28-17(2)13-21/h4-9,11,13,16H,1,3,10,12,14-15H2,2H3,(H,29,30,31). The number of anilines is 2. The van der Waals surface area contributed by atoms with Gasteiger partial charge in [0.15, 0.2) is 11.6 Å². The van der Waals surface area contributed by atoms with E-state index in [1.807, 2.05) is 36.1 Å². The van der Waals surface area contributed by atoms with Crippen LogP contribution in [0.4, 0.5) is 16.0 Å². The number of rotatable bonds is 7. The molecule has 1 N–H and O–H groups in total. The smallest absolute Gasteiger partial charge is 0.207 e. The Labute approximate surface area is 187 Å². The molecule has 32 heavy (non-hydrogen) atoms. The zero-order chi connectivity index (χ0) is 22.5. The van der Waals surface area contributed by atoms with Gasteiger partial charge in [-0.25, -0.2) is 9.97 Å². The van der Waals surface area contributed by atoms with Crippen LogP contribution >= 0.6 is 0 Å². The minimum atomic E-state index is -0.463. The molecule has 0 radical (unpaired) electrons. The summed E-state index contributed by atoms with van der Waals surface area (Å²) >= 11 is 0. The van der Waals surface area contributed by atoms with E-state index in [0.717, 1.165) is 33.7 Å². The number of nitrogens with one attached hydrogen (secondary N) is 1. The lowest BCUT2D eigenvalue weighted by Gasteiger charge is -2.29. The predicted molar refractivity (Wildman–Crippen MR) is 127 cm³/mol. The van der Waals surface area contributed by atoms with E-state index < -0.39 is 5.82 Å². The zero-order valence-electron chi connectivity index (χ0n) is 18.1. The first-order chi connectivity index (χ1) is 15.6. The highest BCUT2D eigenvalue weighted by Crippen LogP contribution is 2.28. The van der Waals surface area contributed by atoms with Crippen molar-refractivity contribution in [2.75, 3.05) is 23.3 Å². The van der Waals surface area contributed by atoms with Crippen molar-refractivity contribution in [2.24, 2.45) is 4.99 Å². The monoisotopic (exact) mass is 428 g/mol. The fraction of sp³-hybridized carbons (Fsp3) is 0.200. The Morgan fingerprint density at radius 2 is 1.97 bits per heavy atom. The number of hydrogen-bond donors (Lipinski definition) is 1. The first kappa shape index (κ1) is 21.4. The normalized spacial score (nSPS) is 13.8. The number of aryl methyl sites for hydroxylation is 1. The lowest BCUT2D eigenvalue weighted by molar-refractivity contribution is 0.602. The molecule has 4 rings (SSSR count). The Balaban J connectivity index is 1.46. The highest BCUT2D eigenvalue weighted by atomic mass is 19.1. The SMILES string of the molecule is C=CC1=C(N=C)CCN(c2ncnc(NCc3ccc(-c4ccnc(C)c4)cc3)c2F)C1. The third-order valence-corrected chi connectivity index (χ3v) is 5.50. The summed E-state index contributed by atoms with van der Waals surface area (Å²) in [5.74, 6) is -0.0104. The molecule has 162 valence electrons.